The Morgan fingerprint density at radius 3 is 2.11 bits per heavy atom. The summed E-state index contributed by atoms with van der Waals surface area (Å²) in [6, 6.07) is 23.4. The van der Waals surface area contributed by atoms with Gasteiger partial charge >= 0.3 is 5.97 Å². The normalized spacial score (nSPS) is 14.2. The number of carbonyl (C=O) groups is 1. The van der Waals surface area contributed by atoms with Crippen LogP contribution in [0.4, 0.5) is 5.69 Å². The monoisotopic (exact) mass is 504 g/mol. The Hall–Kier alpha value is -4.08. The second-order valence-electron chi connectivity index (χ2n) is 8.40. The van der Waals surface area contributed by atoms with Crippen LogP contribution in [0.5, 0.6) is 17.2 Å². The molecule has 36 heavy (non-hydrogen) atoms. The van der Waals surface area contributed by atoms with Gasteiger partial charge in [-0.2, -0.15) is 0 Å². The molecule has 5 rings (SSSR count). The van der Waals surface area contributed by atoms with Gasteiger partial charge in [0.15, 0.2) is 11.1 Å². The third-order valence-corrected chi connectivity index (χ3v) is 6.45. The minimum absolute atomic E-state index is 0.0209. The topological polar surface area (TPSA) is 101 Å². The second kappa shape index (κ2) is 10.3. The molecule has 0 amide bonds. The van der Waals surface area contributed by atoms with Gasteiger partial charge in [0, 0.05) is 12.4 Å². The molecule has 3 aromatic carbocycles. The van der Waals surface area contributed by atoms with Crippen LogP contribution in [0.2, 0.25) is 0 Å². The van der Waals surface area contributed by atoms with Gasteiger partial charge in [-0.25, -0.2) is 9.00 Å². The number of benzene rings is 3. The maximum Gasteiger partial charge on any atom is 0.337 e. The van der Waals surface area contributed by atoms with Crippen molar-refractivity contribution in [1.82, 2.24) is 4.57 Å². The maximum atomic E-state index is 11.8. The molecule has 0 bridgehead atoms. The first-order valence-electron chi connectivity index (χ1n) is 11.3. The number of ether oxygens (including phenoxy) is 2. The van der Waals surface area contributed by atoms with Crippen molar-refractivity contribution >= 4 is 22.7 Å². The van der Waals surface area contributed by atoms with E-state index in [0.29, 0.717) is 30.3 Å². The van der Waals surface area contributed by atoms with E-state index in [1.807, 2.05) is 59.4 Å². The first-order chi connectivity index (χ1) is 17.5. The van der Waals surface area contributed by atoms with Gasteiger partial charge in [-0.3, -0.25) is 0 Å². The zero-order valence-electron chi connectivity index (χ0n) is 19.2. The molecular weight excluding hydrogens is 480 g/mol. The number of aromatic carboxylic acids is 1. The van der Waals surface area contributed by atoms with E-state index in [1.54, 1.807) is 36.4 Å². The zero-order valence-corrected chi connectivity index (χ0v) is 20.0. The lowest BCUT2D eigenvalue weighted by molar-refractivity contribution is 0.0697. The van der Waals surface area contributed by atoms with Crippen molar-refractivity contribution < 1.29 is 28.1 Å². The van der Waals surface area contributed by atoms with Gasteiger partial charge in [0.05, 0.1) is 35.8 Å². The lowest BCUT2D eigenvalue weighted by Crippen LogP contribution is -2.54. The SMILES string of the molecule is O=C(O)c1cccc(N2CC(Oc3ccc(Oc4ccc(CS(=O)O)cc4)cc3)C2)c1-n1cccc1. The second-order valence-corrected chi connectivity index (χ2v) is 9.33. The predicted octanol–water partition coefficient (Wildman–Crippen LogP) is 4.96. The summed E-state index contributed by atoms with van der Waals surface area (Å²) < 4.78 is 33.7. The molecule has 9 heteroatoms. The summed E-state index contributed by atoms with van der Waals surface area (Å²) in [6.45, 7) is 1.28. The van der Waals surface area contributed by atoms with Crippen molar-refractivity contribution in [2.45, 2.75) is 11.9 Å². The van der Waals surface area contributed by atoms with Crippen molar-refractivity contribution in [3.05, 3.63) is 102 Å². The van der Waals surface area contributed by atoms with Gasteiger partial charge in [0.2, 0.25) is 0 Å². The van der Waals surface area contributed by atoms with Crippen LogP contribution in [0.25, 0.3) is 5.69 Å². The molecule has 0 aliphatic carbocycles. The van der Waals surface area contributed by atoms with Crippen molar-refractivity contribution in [2.75, 3.05) is 18.0 Å². The minimum atomic E-state index is -1.87. The van der Waals surface area contributed by atoms with Crippen molar-refractivity contribution in [3.63, 3.8) is 0 Å². The largest absolute Gasteiger partial charge is 0.487 e. The number of anilines is 1. The van der Waals surface area contributed by atoms with E-state index in [-0.39, 0.29) is 17.4 Å². The fraction of sp³-hybridized carbons (Fsp3) is 0.148. The highest BCUT2D eigenvalue weighted by atomic mass is 32.2. The van der Waals surface area contributed by atoms with Crippen LogP contribution >= 0.6 is 0 Å². The summed E-state index contributed by atoms with van der Waals surface area (Å²) in [5, 5.41) is 9.68. The van der Waals surface area contributed by atoms with E-state index in [2.05, 4.69) is 4.90 Å². The van der Waals surface area contributed by atoms with Gasteiger partial charge in [0.1, 0.15) is 23.4 Å². The van der Waals surface area contributed by atoms with Gasteiger partial charge in [-0.15, -0.1) is 0 Å². The molecule has 1 atom stereocenters. The van der Waals surface area contributed by atoms with E-state index in [0.717, 1.165) is 17.0 Å². The molecule has 4 aromatic rings. The van der Waals surface area contributed by atoms with Crippen LogP contribution in [0.3, 0.4) is 0 Å². The number of rotatable bonds is 9. The Kier molecular flexibility index (Phi) is 6.75. The third kappa shape index (κ3) is 5.27. The number of hydrogen-bond acceptors (Lipinski definition) is 5. The van der Waals surface area contributed by atoms with Crippen LogP contribution in [-0.4, -0.2) is 43.6 Å². The van der Waals surface area contributed by atoms with E-state index in [4.69, 9.17) is 14.0 Å². The Morgan fingerprint density at radius 1 is 0.889 bits per heavy atom. The molecule has 0 saturated carbocycles. The van der Waals surface area contributed by atoms with E-state index >= 15 is 0 Å². The van der Waals surface area contributed by atoms with Crippen LogP contribution < -0.4 is 14.4 Å². The van der Waals surface area contributed by atoms with Crippen LogP contribution in [-0.2, 0) is 16.8 Å². The molecule has 184 valence electrons. The van der Waals surface area contributed by atoms with Gasteiger partial charge in [-0.05, 0) is 66.2 Å². The molecule has 1 saturated heterocycles. The summed E-state index contributed by atoms with van der Waals surface area (Å²) in [6.07, 6.45) is 3.66. The predicted molar refractivity (Wildman–Crippen MR) is 137 cm³/mol. The molecule has 1 aliphatic rings. The van der Waals surface area contributed by atoms with E-state index in [9.17, 15) is 14.1 Å². The average Bonchev–Trinajstić information content (AvgIpc) is 3.37. The lowest BCUT2D eigenvalue weighted by atomic mass is 10.1. The maximum absolute atomic E-state index is 11.8. The number of carboxylic acids is 1. The smallest absolute Gasteiger partial charge is 0.337 e. The van der Waals surface area contributed by atoms with E-state index in [1.165, 1.54) is 0 Å². The quantitative estimate of drug-likeness (QED) is 0.311. The number of nitrogens with zero attached hydrogens (tertiary/aromatic N) is 2. The summed E-state index contributed by atoms with van der Waals surface area (Å²) in [5.74, 6) is 1.13. The van der Waals surface area contributed by atoms with Crippen molar-refractivity contribution in [1.29, 1.82) is 0 Å². The Labute approximate surface area is 210 Å². The third-order valence-electron chi connectivity index (χ3n) is 5.87. The summed E-state index contributed by atoms with van der Waals surface area (Å²) in [7, 11) is 0. The van der Waals surface area contributed by atoms with Crippen molar-refractivity contribution in [3.8, 4) is 22.9 Å². The molecule has 2 heterocycles. The fourth-order valence-corrected chi connectivity index (χ4v) is 4.61. The van der Waals surface area contributed by atoms with Gasteiger partial charge in [0.25, 0.3) is 0 Å². The molecule has 0 radical (unpaired) electrons. The lowest BCUT2D eigenvalue weighted by Gasteiger charge is -2.41. The highest BCUT2D eigenvalue weighted by molar-refractivity contribution is 7.78. The van der Waals surface area contributed by atoms with Gasteiger partial charge < -0.3 is 28.6 Å². The fourth-order valence-electron chi connectivity index (χ4n) is 4.13. The van der Waals surface area contributed by atoms with E-state index < -0.39 is 17.0 Å². The molecule has 1 aliphatic heterocycles. The molecule has 2 N–H and O–H groups in total. The van der Waals surface area contributed by atoms with Gasteiger partial charge in [-0.1, -0.05) is 18.2 Å². The van der Waals surface area contributed by atoms with Crippen LogP contribution in [0.15, 0.2) is 91.3 Å². The summed E-state index contributed by atoms with van der Waals surface area (Å²) in [4.78, 5) is 13.9. The highest BCUT2D eigenvalue weighted by Gasteiger charge is 2.31. The molecule has 1 aromatic heterocycles. The highest BCUT2D eigenvalue weighted by Crippen LogP contribution is 2.33. The molecule has 1 unspecified atom stereocenters. The Morgan fingerprint density at radius 2 is 1.50 bits per heavy atom. The Balaban J connectivity index is 1.20. The standard InChI is InChI=1S/C27H24N2O6S/c30-27(31)24-4-3-5-25(26(24)28-14-1-2-15-28)29-16-23(17-29)35-22-12-10-21(11-13-22)34-20-8-6-19(7-9-20)18-36(32)33/h1-15,23H,16-18H2,(H,30,31)(H,32,33). The average molecular weight is 505 g/mol. The number of para-hydroxylation sites is 1. The number of carboxylic acid groups (broad SMARTS) is 1. The molecule has 8 nitrogen and oxygen atoms in total. The van der Waals surface area contributed by atoms with Crippen LogP contribution in [0.1, 0.15) is 15.9 Å². The Bertz CT molecular complexity index is 1360. The summed E-state index contributed by atoms with van der Waals surface area (Å²) >= 11 is -1.87. The first-order valence-corrected chi connectivity index (χ1v) is 12.6. The van der Waals surface area contributed by atoms with Crippen LogP contribution in [0, 0.1) is 0 Å². The minimum Gasteiger partial charge on any atom is -0.487 e. The molecule has 0 spiro atoms. The first kappa shape index (κ1) is 23.7. The molecular formula is C27H24N2O6S. The number of hydrogen-bond donors (Lipinski definition) is 2. The number of aromatic nitrogens is 1. The van der Waals surface area contributed by atoms with Crippen molar-refractivity contribution in [2.24, 2.45) is 0 Å². The zero-order chi connectivity index (χ0) is 25.1. The molecule has 1 fully saturated rings. The summed E-state index contributed by atoms with van der Waals surface area (Å²) in [5.41, 5.74) is 2.51.